The van der Waals surface area contributed by atoms with Crippen molar-refractivity contribution >= 4 is 28.9 Å². The van der Waals surface area contributed by atoms with E-state index < -0.39 is 6.10 Å². The fraction of sp³-hybridized carbons (Fsp3) is 0.385. The van der Waals surface area contributed by atoms with E-state index >= 15 is 0 Å². The summed E-state index contributed by atoms with van der Waals surface area (Å²) in [5, 5.41) is 18.3. The Kier molecular flexibility index (Phi) is 9.06. The van der Waals surface area contributed by atoms with E-state index in [1.165, 1.54) is 18.4 Å². The molecular formula is C26H31ClN2O4. The van der Waals surface area contributed by atoms with Crippen LogP contribution in [0.2, 0.25) is 5.02 Å². The van der Waals surface area contributed by atoms with Crippen LogP contribution in [0.3, 0.4) is 0 Å². The first-order valence-electron chi connectivity index (χ1n) is 11.2. The van der Waals surface area contributed by atoms with E-state index in [1.54, 1.807) is 11.9 Å². The maximum atomic E-state index is 12.1. The lowest BCUT2D eigenvalue weighted by atomic mass is 9.91. The highest BCUT2D eigenvalue weighted by molar-refractivity contribution is 6.32. The number of likely N-dealkylation sites (N-methyl/N-ethyl adjacent to an activating group) is 1. The van der Waals surface area contributed by atoms with E-state index in [1.807, 2.05) is 49.4 Å². The van der Waals surface area contributed by atoms with Crippen LogP contribution in [0.25, 0.3) is 0 Å². The zero-order valence-corrected chi connectivity index (χ0v) is 19.9. The number of para-hydroxylation sites is 1. The average Bonchev–Trinajstić information content (AvgIpc) is 2.95. The molecule has 1 unspecified atom stereocenters. The number of carbonyl (C=O) groups is 1. The maximum Gasteiger partial charge on any atom is 0.248 e. The van der Waals surface area contributed by atoms with Gasteiger partial charge in [-0.3, -0.25) is 9.79 Å². The molecular weight excluding hydrogens is 440 g/mol. The second kappa shape index (κ2) is 12.0. The Hall–Kier alpha value is -2.67. The van der Waals surface area contributed by atoms with Crippen molar-refractivity contribution in [2.45, 2.75) is 38.7 Å². The molecule has 1 aliphatic heterocycles. The Bertz CT molecular complexity index is 1030. The predicted molar refractivity (Wildman–Crippen MR) is 133 cm³/mol. The molecule has 0 saturated carbocycles. The van der Waals surface area contributed by atoms with Crippen molar-refractivity contribution in [3.05, 3.63) is 70.3 Å². The van der Waals surface area contributed by atoms with Crippen molar-refractivity contribution < 1.29 is 19.7 Å². The summed E-state index contributed by atoms with van der Waals surface area (Å²) >= 11 is 6.14. The molecule has 2 N–H and O–H groups in total. The summed E-state index contributed by atoms with van der Waals surface area (Å²) in [5.41, 5.74) is 5.08. The van der Waals surface area contributed by atoms with Gasteiger partial charge in [-0.05, 0) is 68.0 Å². The molecule has 0 spiro atoms. The number of benzodiazepines with no additional fused rings is 1. The molecule has 1 heterocycles. The number of aryl methyl sites for hydroxylation is 1. The number of allylic oxidation sites excluding steroid dienone is 2. The number of aliphatic hydroxyl groups excluding tert-OH is 2. The molecule has 4 rings (SSSR count). The number of carbonyl (C=O) groups excluding carboxylic acids is 1. The number of rotatable bonds is 5. The summed E-state index contributed by atoms with van der Waals surface area (Å²) in [4.78, 5) is 18.3. The number of aliphatic imine (C=N–C) groups is 1. The van der Waals surface area contributed by atoms with E-state index in [2.05, 4.69) is 11.1 Å². The molecule has 0 saturated heterocycles. The van der Waals surface area contributed by atoms with Crippen molar-refractivity contribution in [1.29, 1.82) is 0 Å². The van der Waals surface area contributed by atoms with Crippen LogP contribution in [-0.2, 0) is 4.79 Å². The number of aliphatic hydroxyl groups is 2. The smallest absolute Gasteiger partial charge is 0.248 e. The van der Waals surface area contributed by atoms with Crippen molar-refractivity contribution in [3.8, 4) is 5.75 Å². The summed E-state index contributed by atoms with van der Waals surface area (Å²) in [6, 6.07) is 13.2. The van der Waals surface area contributed by atoms with Crippen LogP contribution in [0.4, 0.5) is 5.69 Å². The fourth-order valence-electron chi connectivity index (χ4n) is 3.75. The van der Waals surface area contributed by atoms with Gasteiger partial charge in [0.1, 0.15) is 25.0 Å². The number of nitrogens with zero attached hydrogens (tertiary/aromatic N) is 2. The van der Waals surface area contributed by atoms with Gasteiger partial charge in [-0.2, -0.15) is 0 Å². The summed E-state index contributed by atoms with van der Waals surface area (Å²) in [7, 11) is 1.79. The van der Waals surface area contributed by atoms with Crippen LogP contribution in [-0.4, -0.2) is 54.7 Å². The number of fused-ring (bicyclic) bond motifs is 1. The Morgan fingerprint density at radius 2 is 2.00 bits per heavy atom. The van der Waals surface area contributed by atoms with Gasteiger partial charge in [0.25, 0.3) is 0 Å². The molecule has 1 amide bonds. The van der Waals surface area contributed by atoms with Crippen LogP contribution in [0.1, 0.15) is 36.8 Å². The van der Waals surface area contributed by atoms with Gasteiger partial charge < -0.3 is 19.8 Å². The third kappa shape index (κ3) is 6.67. The third-order valence-electron chi connectivity index (χ3n) is 5.65. The fourth-order valence-corrected chi connectivity index (χ4v) is 3.92. The van der Waals surface area contributed by atoms with E-state index in [4.69, 9.17) is 26.6 Å². The highest BCUT2D eigenvalue weighted by Crippen LogP contribution is 2.31. The molecule has 1 aliphatic carbocycles. The summed E-state index contributed by atoms with van der Waals surface area (Å²) in [6.07, 6.45) is 5.99. The van der Waals surface area contributed by atoms with Crippen LogP contribution >= 0.6 is 11.6 Å². The summed E-state index contributed by atoms with van der Waals surface area (Å²) in [6.45, 7) is 1.99. The first kappa shape index (κ1) is 25.0. The lowest BCUT2D eigenvalue weighted by Crippen LogP contribution is -2.27. The lowest BCUT2D eigenvalue weighted by Gasteiger charge is -2.20. The minimum absolute atomic E-state index is 0.0139. The first-order valence-corrected chi connectivity index (χ1v) is 11.6. The number of ether oxygens (including phenoxy) is 1. The minimum atomic E-state index is -0.806. The van der Waals surface area contributed by atoms with Gasteiger partial charge in [0, 0.05) is 17.6 Å². The number of hydrogen-bond acceptors (Lipinski definition) is 5. The zero-order valence-electron chi connectivity index (χ0n) is 19.1. The molecule has 0 fully saturated rings. The molecule has 0 bridgehead atoms. The van der Waals surface area contributed by atoms with Crippen molar-refractivity contribution in [1.82, 2.24) is 0 Å². The Morgan fingerprint density at radius 3 is 2.70 bits per heavy atom. The third-order valence-corrected chi connectivity index (χ3v) is 5.89. The summed E-state index contributed by atoms with van der Waals surface area (Å²) in [5.74, 6) is 0.759. The highest BCUT2D eigenvalue weighted by Gasteiger charge is 2.24. The number of amides is 1. The van der Waals surface area contributed by atoms with Crippen molar-refractivity contribution in [2.75, 3.05) is 31.7 Å². The van der Waals surface area contributed by atoms with Crippen molar-refractivity contribution in [2.24, 2.45) is 4.99 Å². The van der Waals surface area contributed by atoms with Gasteiger partial charge in [0.15, 0.2) is 0 Å². The average molecular weight is 471 g/mol. The van der Waals surface area contributed by atoms with E-state index in [-0.39, 0.29) is 25.7 Å². The maximum absolute atomic E-state index is 12.1. The Balaban J connectivity index is 0.000000205. The monoisotopic (exact) mass is 470 g/mol. The summed E-state index contributed by atoms with van der Waals surface area (Å²) < 4.78 is 5.28. The first-order chi connectivity index (χ1) is 15.9. The molecule has 0 radical (unpaired) electrons. The number of halogens is 1. The van der Waals surface area contributed by atoms with E-state index in [0.717, 1.165) is 41.1 Å². The molecule has 2 aliphatic rings. The molecule has 176 valence electrons. The normalized spacial score (nSPS) is 16.5. The van der Waals surface area contributed by atoms with E-state index in [0.29, 0.717) is 5.02 Å². The van der Waals surface area contributed by atoms with Crippen LogP contribution in [0, 0.1) is 6.92 Å². The minimum Gasteiger partial charge on any atom is -0.491 e. The van der Waals surface area contributed by atoms with Gasteiger partial charge in [-0.15, -0.1) is 0 Å². The molecule has 33 heavy (non-hydrogen) atoms. The Labute approximate surface area is 200 Å². The lowest BCUT2D eigenvalue weighted by molar-refractivity contribution is -0.116. The molecule has 6 nitrogen and oxygen atoms in total. The molecule has 2 aromatic rings. The predicted octanol–water partition coefficient (Wildman–Crippen LogP) is 4.33. The van der Waals surface area contributed by atoms with Gasteiger partial charge in [-0.25, -0.2) is 0 Å². The second-order valence-corrected chi connectivity index (χ2v) is 8.60. The van der Waals surface area contributed by atoms with Gasteiger partial charge in [-0.1, -0.05) is 35.9 Å². The van der Waals surface area contributed by atoms with Gasteiger partial charge >= 0.3 is 0 Å². The molecule has 0 aromatic heterocycles. The van der Waals surface area contributed by atoms with E-state index in [9.17, 15) is 4.79 Å². The Morgan fingerprint density at radius 1 is 1.21 bits per heavy atom. The zero-order chi connectivity index (χ0) is 23.8. The number of hydrogen-bond donors (Lipinski definition) is 2. The van der Waals surface area contributed by atoms with Crippen LogP contribution in [0.5, 0.6) is 5.75 Å². The topological polar surface area (TPSA) is 82.4 Å². The number of anilines is 1. The molecule has 2 aromatic carbocycles. The van der Waals surface area contributed by atoms with Gasteiger partial charge in [0.2, 0.25) is 5.91 Å². The molecule has 7 heteroatoms. The largest absolute Gasteiger partial charge is 0.491 e. The van der Waals surface area contributed by atoms with Crippen molar-refractivity contribution in [3.63, 3.8) is 0 Å². The highest BCUT2D eigenvalue weighted by atomic mass is 35.5. The second-order valence-electron chi connectivity index (χ2n) is 8.17. The van der Waals surface area contributed by atoms with Gasteiger partial charge in [0.05, 0.1) is 18.0 Å². The quantitative estimate of drug-likeness (QED) is 0.681. The van der Waals surface area contributed by atoms with Crippen LogP contribution in [0.15, 0.2) is 59.1 Å². The standard InChI is InChI=1S/C16H17ClN2O.C10H14O3/c1-19-14-8-7-12(17)9-13(14)16(18-10-15(19)20)11-5-3-2-4-6-11;1-8-4-2-3-5-10(8)13-7-9(12)6-11/h5,7-9H,2-4,6,10H2,1H3;2-5,9,11-12H,6-7H2,1H3. The SMILES string of the molecule is CN1C(=O)CN=C(C2=CCCCC2)c2cc(Cl)ccc21.Cc1ccccc1OCC(O)CO. The number of benzene rings is 2. The molecule has 1 atom stereocenters. The van der Waals surface area contributed by atoms with Crippen LogP contribution < -0.4 is 9.64 Å².